The second-order valence-electron chi connectivity index (χ2n) is 7.91. The fourth-order valence-corrected chi connectivity index (χ4v) is 4.41. The van der Waals surface area contributed by atoms with Crippen LogP contribution in [-0.2, 0) is 0 Å². The molecule has 0 atom stereocenters. The monoisotopic (exact) mass is 452 g/mol. The van der Waals surface area contributed by atoms with Gasteiger partial charge in [0.2, 0.25) is 0 Å². The van der Waals surface area contributed by atoms with E-state index in [1.807, 2.05) is 0 Å². The number of hydrogen-bond donors (Lipinski definition) is 2. The summed E-state index contributed by atoms with van der Waals surface area (Å²) < 4.78 is 0. The highest BCUT2D eigenvalue weighted by Crippen LogP contribution is 2.36. The van der Waals surface area contributed by atoms with Gasteiger partial charge in [0.1, 0.15) is 0 Å². The molecule has 4 rings (SSSR count). The Balaban J connectivity index is 2.21. The quantitative estimate of drug-likeness (QED) is 0.384. The van der Waals surface area contributed by atoms with E-state index >= 15 is 0 Å². The van der Waals surface area contributed by atoms with Crippen LogP contribution in [0.25, 0.3) is 10.8 Å². The van der Waals surface area contributed by atoms with Crippen LogP contribution in [0, 0.1) is 13.8 Å². The number of rotatable bonds is 6. The van der Waals surface area contributed by atoms with Gasteiger partial charge in [0.15, 0.2) is 11.6 Å². The lowest BCUT2D eigenvalue weighted by molar-refractivity contribution is 0.0682. The lowest BCUT2D eigenvalue weighted by Gasteiger charge is -2.20. The number of aryl methyl sites for hydroxylation is 2. The first-order chi connectivity index (χ1) is 16.2. The van der Waals surface area contributed by atoms with Gasteiger partial charge in [0.05, 0.1) is 11.1 Å². The molecule has 6 heteroatoms. The third kappa shape index (κ3) is 3.65. The van der Waals surface area contributed by atoms with Crippen molar-refractivity contribution in [2.24, 2.45) is 0 Å². The van der Waals surface area contributed by atoms with Gasteiger partial charge in [-0.25, -0.2) is 9.59 Å². The Kier molecular flexibility index (Phi) is 5.82. The van der Waals surface area contributed by atoms with Crippen molar-refractivity contribution < 1.29 is 29.4 Å². The average Bonchev–Trinajstić information content (AvgIpc) is 2.83. The first-order valence-corrected chi connectivity index (χ1v) is 10.5. The Morgan fingerprint density at radius 2 is 1.06 bits per heavy atom. The molecule has 0 aliphatic carbocycles. The molecule has 0 saturated heterocycles. The van der Waals surface area contributed by atoms with Crippen molar-refractivity contribution in [3.05, 3.63) is 117 Å². The number of aromatic carboxylic acids is 2. The van der Waals surface area contributed by atoms with Crippen molar-refractivity contribution >= 4 is 34.3 Å². The SMILES string of the molecule is Cc1c(C(=O)O)ccc2c(C(=O)c3ccccc3)c(C(=O)O)c(C(=O)c3ccccc3)c(C)c12. The Morgan fingerprint density at radius 3 is 1.53 bits per heavy atom. The molecule has 4 aromatic carbocycles. The molecule has 2 N–H and O–H groups in total. The summed E-state index contributed by atoms with van der Waals surface area (Å²) in [5, 5.41) is 20.5. The van der Waals surface area contributed by atoms with Gasteiger partial charge in [-0.3, -0.25) is 9.59 Å². The maximum atomic E-state index is 13.6. The van der Waals surface area contributed by atoms with Gasteiger partial charge >= 0.3 is 11.9 Å². The number of hydrogen-bond acceptors (Lipinski definition) is 4. The number of carbonyl (C=O) groups is 4. The Morgan fingerprint density at radius 1 is 0.559 bits per heavy atom. The fraction of sp³-hybridized carbons (Fsp3) is 0.0714. The summed E-state index contributed by atoms with van der Waals surface area (Å²) in [7, 11) is 0. The lowest BCUT2D eigenvalue weighted by atomic mass is 9.81. The van der Waals surface area contributed by atoms with Crippen molar-refractivity contribution in [3.8, 4) is 0 Å². The molecule has 0 aliphatic heterocycles. The summed E-state index contributed by atoms with van der Waals surface area (Å²) in [4.78, 5) is 51.6. The highest BCUT2D eigenvalue weighted by Gasteiger charge is 2.31. The molecule has 0 bridgehead atoms. The molecule has 0 aromatic heterocycles. The van der Waals surface area contributed by atoms with E-state index < -0.39 is 29.1 Å². The smallest absolute Gasteiger partial charge is 0.337 e. The largest absolute Gasteiger partial charge is 0.478 e. The molecule has 0 fully saturated rings. The number of carboxylic acid groups (broad SMARTS) is 2. The van der Waals surface area contributed by atoms with E-state index in [0.29, 0.717) is 16.5 Å². The number of benzene rings is 4. The maximum Gasteiger partial charge on any atom is 0.337 e. The van der Waals surface area contributed by atoms with Crippen molar-refractivity contribution in [1.82, 2.24) is 0 Å². The summed E-state index contributed by atoms with van der Waals surface area (Å²) in [6.07, 6.45) is 0. The predicted octanol–water partition coefficient (Wildman–Crippen LogP) is 5.32. The molecular formula is C28H20O6. The van der Waals surface area contributed by atoms with Gasteiger partial charge in [-0.15, -0.1) is 0 Å². The molecular weight excluding hydrogens is 432 g/mol. The standard InChI is InChI=1S/C28H20O6/c1-15-19(27(31)32)13-14-20-21(15)16(2)22(25(29)17-9-5-3-6-10-17)24(28(33)34)23(20)26(30)18-11-7-4-8-12-18/h3-14H,1-2H3,(H,31,32)(H,33,34). The van der Waals surface area contributed by atoms with Gasteiger partial charge in [-0.2, -0.15) is 0 Å². The van der Waals surface area contributed by atoms with E-state index in [1.165, 1.54) is 12.1 Å². The maximum absolute atomic E-state index is 13.6. The topological polar surface area (TPSA) is 109 Å². The fourth-order valence-electron chi connectivity index (χ4n) is 4.41. The Bertz CT molecular complexity index is 1480. The second kappa shape index (κ2) is 8.75. The summed E-state index contributed by atoms with van der Waals surface area (Å²) in [5.74, 6) is -3.69. The highest BCUT2D eigenvalue weighted by atomic mass is 16.4. The summed E-state index contributed by atoms with van der Waals surface area (Å²) in [6.45, 7) is 3.17. The predicted molar refractivity (Wildman–Crippen MR) is 127 cm³/mol. The molecule has 0 spiro atoms. The number of carbonyl (C=O) groups excluding carboxylic acids is 2. The van der Waals surface area contributed by atoms with Crippen LogP contribution in [0.3, 0.4) is 0 Å². The second-order valence-corrected chi connectivity index (χ2v) is 7.91. The highest BCUT2D eigenvalue weighted by molar-refractivity contribution is 6.27. The van der Waals surface area contributed by atoms with Crippen LogP contribution < -0.4 is 0 Å². The Hall–Kier alpha value is -4.58. The zero-order valence-electron chi connectivity index (χ0n) is 18.5. The van der Waals surface area contributed by atoms with E-state index in [-0.39, 0.29) is 33.2 Å². The summed E-state index contributed by atoms with van der Waals surface area (Å²) in [5.41, 5.74) is 0.528. The van der Waals surface area contributed by atoms with Crippen molar-refractivity contribution in [1.29, 1.82) is 0 Å². The van der Waals surface area contributed by atoms with Gasteiger partial charge in [0, 0.05) is 22.3 Å². The third-order valence-electron chi connectivity index (χ3n) is 5.95. The lowest BCUT2D eigenvalue weighted by Crippen LogP contribution is -2.19. The molecule has 0 heterocycles. The van der Waals surface area contributed by atoms with Gasteiger partial charge in [-0.1, -0.05) is 66.7 Å². The first kappa shape index (κ1) is 22.6. The molecule has 34 heavy (non-hydrogen) atoms. The molecule has 0 radical (unpaired) electrons. The van der Waals surface area contributed by atoms with Gasteiger partial charge in [-0.05, 0) is 41.8 Å². The van der Waals surface area contributed by atoms with Crippen molar-refractivity contribution in [3.63, 3.8) is 0 Å². The van der Waals surface area contributed by atoms with Crippen LogP contribution >= 0.6 is 0 Å². The van der Waals surface area contributed by atoms with E-state index in [9.17, 15) is 29.4 Å². The van der Waals surface area contributed by atoms with Crippen LogP contribution in [-0.4, -0.2) is 33.7 Å². The minimum Gasteiger partial charge on any atom is -0.478 e. The van der Waals surface area contributed by atoms with E-state index in [4.69, 9.17) is 0 Å². The molecule has 168 valence electrons. The normalized spacial score (nSPS) is 10.8. The molecule has 0 saturated carbocycles. The van der Waals surface area contributed by atoms with Crippen LogP contribution in [0.2, 0.25) is 0 Å². The zero-order valence-corrected chi connectivity index (χ0v) is 18.5. The van der Waals surface area contributed by atoms with Crippen LogP contribution in [0.5, 0.6) is 0 Å². The van der Waals surface area contributed by atoms with E-state index in [0.717, 1.165) is 0 Å². The average molecular weight is 452 g/mol. The zero-order chi connectivity index (χ0) is 24.6. The molecule has 6 nitrogen and oxygen atoms in total. The van der Waals surface area contributed by atoms with E-state index in [1.54, 1.807) is 74.5 Å². The molecule has 0 aliphatic rings. The van der Waals surface area contributed by atoms with E-state index in [2.05, 4.69) is 0 Å². The number of carboxylic acids is 2. The third-order valence-corrected chi connectivity index (χ3v) is 5.95. The minimum atomic E-state index is -1.41. The number of fused-ring (bicyclic) bond motifs is 1. The minimum absolute atomic E-state index is 0.00916. The van der Waals surface area contributed by atoms with Crippen LogP contribution in [0.1, 0.15) is 63.7 Å². The summed E-state index contributed by atoms with van der Waals surface area (Å²) in [6, 6.07) is 19.2. The van der Waals surface area contributed by atoms with Crippen molar-refractivity contribution in [2.45, 2.75) is 13.8 Å². The number of ketones is 2. The summed E-state index contributed by atoms with van der Waals surface area (Å²) >= 11 is 0. The van der Waals surface area contributed by atoms with Gasteiger partial charge in [0.25, 0.3) is 0 Å². The molecule has 4 aromatic rings. The molecule has 0 amide bonds. The van der Waals surface area contributed by atoms with Crippen LogP contribution in [0.4, 0.5) is 0 Å². The van der Waals surface area contributed by atoms with Gasteiger partial charge < -0.3 is 10.2 Å². The van der Waals surface area contributed by atoms with Crippen molar-refractivity contribution in [2.75, 3.05) is 0 Å². The first-order valence-electron chi connectivity index (χ1n) is 10.5. The Labute approximate surface area is 195 Å². The molecule has 0 unspecified atom stereocenters. The van der Waals surface area contributed by atoms with Crippen LogP contribution in [0.15, 0.2) is 72.8 Å².